The third-order valence-electron chi connectivity index (χ3n) is 3.76. The molecule has 2 atom stereocenters. The van der Waals surface area contributed by atoms with Crippen LogP contribution in [0.15, 0.2) is 12.1 Å². The lowest BCUT2D eigenvalue weighted by molar-refractivity contribution is -0.384. The maximum absolute atomic E-state index is 10.8. The Labute approximate surface area is 128 Å². The first-order chi connectivity index (χ1) is 9.31. The Bertz CT molecular complexity index is 513. The summed E-state index contributed by atoms with van der Waals surface area (Å²) in [7, 11) is 4.09. The number of nitro benzene ring substituents is 1. The highest BCUT2D eigenvalue weighted by Crippen LogP contribution is 2.40. The summed E-state index contributed by atoms with van der Waals surface area (Å²) in [5.41, 5.74) is 0.607. The van der Waals surface area contributed by atoms with Gasteiger partial charge in [0, 0.05) is 31.3 Å². The van der Waals surface area contributed by atoms with Gasteiger partial charge in [-0.3, -0.25) is 10.1 Å². The summed E-state index contributed by atoms with van der Waals surface area (Å²) < 4.78 is 0. The fourth-order valence-electron chi connectivity index (χ4n) is 2.76. The Kier molecular flexibility index (Phi) is 4.42. The maximum atomic E-state index is 10.8. The number of anilines is 1. The third-order valence-corrected chi connectivity index (χ3v) is 4.34. The highest BCUT2D eigenvalue weighted by molar-refractivity contribution is 6.39. The van der Waals surface area contributed by atoms with Gasteiger partial charge in [-0.2, -0.15) is 0 Å². The van der Waals surface area contributed by atoms with Gasteiger partial charge in [0.05, 0.1) is 20.7 Å². The topological polar surface area (TPSA) is 49.6 Å². The number of hydrogen-bond acceptors (Lipinski definition) is 4. The summed E-state index contributed by atoms with van der Waals surface area (Å²) >= 11 is 12.4. The molecule has 20 heavy (non-hydrogen) atoms. The van der Waals surface area contributed by atoms with Crippen LogP contribution in [0.1, 0.15) is 6.92 Å². The molecule has 2 rings (SSSR count). The Morgan fingerprint density at radius 2 is 1.85 bits per heavy atom. The zero-order valence-electron chi connectivity index (χ0n) is 11.6. The standard InChI is InChI=1S/C13H17Cl2N3O2/c1-8-6-17(7-12(8)16(2)3)13-10(14)4-9(18(19)20)5-11(13)15/h4-5,8,12H,6-7H2,1-3H3. The van der Waals surface area contributed by atoms with Crippen molar-refractivity contribution in [2.45, 2.75) is 13.0 Å². The second kappa shape index (κ2) is 5.76. The van der Waals surface area contributed by atoms with Crippen molar-refractivity contribution in [2.24, 2.45) is 5.92 Å². The van der Waals surface area contributed by atoms with Crippen molar-refractivity contribution in [3.63, 3.8) is 0 Å². The zero-order chi connectivity index (χ0) is 15.0. The van der Waals surface area contributed by atoms with E-state index in [4.69, 9.17) is 23.2 Å². The van der Waals surface area contributed by atoms with E-state index in [1.54, 1.807) is 0 Å². The summed E-state index contributed by atoms with van der Waals surface area (Å²) in [4.78, 5) is 14.6. The molecule has 0 radical (unpaired) electrons. The highest BCUT2D eigenvalue weighted by Gasteiger charge is 2.33. The van der Waals surface area contributed by atoms with Crippen LogP contribution in [0.4, 0.5) is 11.4 Å². The van der Waals surface area contributed by atoms with Crippen LogP contribution in [0.2, 0.25) is 10.0 Å². The molecule has 0 spiro atoms. The predicted octanol–water partition coefficient (Wildman–Crippen LogP) is 3.29. The van der Waals surface area contributed by atoms with Gasteiger partial charge in [-0.05, 0) is 20.0 Å². The van der Waals surface area contributed by atoms with Crippen LogP contribution in [0, 0.1) is 16.0 Å². The van der Waals surface area contributed by atoms with E-state index in [1.165, 1.54) is 12.1 Å². The number of hydrogen-bond donors (Lipinski definition) is 0. The van der Waals surface area contributed by atoms with Crippen LogP contribution < -0.4 is 4.90 Å². The lowest BCUT2D eigenvalue weighted by Crippen LogP contribution is -2.34. The summed E-state index contributed by atoms with van der Waals surface area (Å²) in [6.07, 6.45) is 0. The molecule has 2 unspecified atom stereocenters. The van der Waals surface area contributed by atoms with E-state index >= 15 is 0 Å². The number of nitrogens with zero attached hydrogens (tertiary/aromatic N) is 3. The molecule has 110 valence electrons. The van der Waals surface area contributed by atoms with Gasteiger partial charge < -0.3 is 9.80 Å². The predicted molar refractivity (Wildman–Crippen MR) is 82.0 cm³/mol. The van der Waals surface area contributed by atoms with Gasteiger partial charge in [0.15, 0.2) is 0 Å². The van der Waals surface area contributed by atoms with Gasteiger partial charge in [-0.1, -0.05) is 30.1 Å². The molecule has 1 aliphatic heterocycles. The molecule has 1 fully saturated rings. The van der Waals surface area contributed by atoms with Crippen LogP contribution in [0.5, 0.6) is 0 Å². The van der Waals surface area contributed by atoms with E-state index in [-0.39, 0.29) is 5.69 Å². The first-order valence-electron chi connectivity index (χ1n) is 6.36. The number of halogens is 2. The fourth-order valence-corrected chi connectivity index (χ4v) is 3.48. The Hall–Kier alpha value is -1.04. The smallest absolute Gasteiger partial charge is 0.272 e. The van der Waals surface area contributed by atoms with E-state index in [2.05, 4.69) is 16.7 Å². The van der Waals surface area contributed by atoms with E-state index in [9.17, 15) is 10.1 Å². The minimum Gasteiger partial charge on any atom is -0.367 e. The second-order valence-corrected chi connectivity index (χ2v) is 6.24. The number of rotatable bonds is 3. The molecule has 7 heteroatoms. The molecule has 0 bridgehead atoms. The average molecular weight is 318 g/mol. The van der Waals surface area contributed by atoms with Crippen LogP contribution in [-0.2, 0) is 0 Å². The minimum atomic E-state index is -0.489. The number of likely N-dealkylation sites (N-methyl/N-ethyl adjacent to an activating group) is 1. The Morgan fingerprint density at radius 1 is 1.30 bits per heavy atom. The van der Waals surface area contributed by atoms with Crippen molar-refractivity contribution in [1.29, 1.82) is 0 Å². The van der Waals surface area contributed by atoms with Gasteiger partial charge in [-0.25, -0.2) is 0 Å². The molecule has 1 heterocycles. The van der Waals surface area contributed by atoms with E-state index in [1.807, 2.05) is 14.1 Å². The van der Waals surface area contributed by atoms with Gasteiger partial charge >= 0.3 is 0 Å². The van der Waals surface area contributed by atoms with Crippen LogP contribution in [-0.4, -0.2) is 43.0 Å². The van der Waals surface area contributed by atoms with Crippen molar-refractivity contribution < 1.29 is 4.92 Å². The van der Waals surface area contributed by atoms with Crippen molar-refractivity contribution >= 4 is 34.6 Å². The van der Waals surface area contributed by atoms with Gasteiger partial charge in [0.1, 0.15) is 0 Å². The van der Waals surface area contributed by atoms with Gasteiger partial charge in [0.2, 0.25) is 0 Å². The van der Waals surface area contributed by atoms with Crippen LogP contribution >= 0.6 is 23.2 Å². The van der Waals surface area contributed by atoms with Crippen molar-refractivity contribution in [3.05, 3.63) is 32.3 Å². The molecule has 0 N–H and O–H groups in total. The largest absolute Gasteiger partial charge is 0.367 e. The first kappa shape index (κ1) is 15.4. The summed E-state index contributed by atoms with van der Waals surface area (Å²) in [5.74, 6) is 0.479. The molecule has 1 aromatic rings. The minimum absolute atomic E-state index is 0.0832. The number of non-ortho nitro benzene ring substituents is 1. The SMILES string of the molecule is CC1CN(c2c(Cl)cc([N+](=O)[O-])cc2Cl)CC1N(C)C. The lowest BCUT2D eigenvalue weighted by Gasteiger charge is -2.24. The molecule has 0 aromatic heterocycles. The molecule has 0 saturated carbocycles. The van der Waals surface area contributed by atoms with Crippen LogP contribution in [0.3, 0.4) is 0 Å². The second-order valence-electron chi connectivity index (χ2n) is 5.43. The van der Waals surface area contributed by atoms with E-state index < -0.39 is 4.92 Å². The first-order valence-corrected chi connectivity index (χ1v) is 7.11. The van der Waals surface area contributed by atoms with Crippen molar-refractivity contribution in [1.82, 2.24) is 4.90 Å². The molecular weight excluding hydrogens is 301 g/mol. The van der Waals surface area contributed by atoms with Crippen molar-refractivity contribution in [3.8, 4) is 0 Å². The van der Waals surface area contributed by atoms with E-state index in [0.29, 0.717) is 27.7 Å². The molecule has 1 aromatic carbocycles. The van der Waals surface area contributed by atoms with E-state index in [0.717, 1.165) is 13.1 Å². The van der Waals surface area contributed by atoms with Gasteiger partial charge in [-0.15, -0.1) is 0 Å². The average Bonchev–Trinajstić information content (AvgIpc) is 2.70. The Morgan fingerprint density at radius 3 is 2.25 bits per heavy atom. The number of benzene rings is 1. The monoisotopic (exact) mass is 317 g/mol. The van der Waals surface area contributed by atoms with Gasteiger partial charge in [0.25, 0.3) is 5.69 Å². The molecular formula is C13H17Cl2N3O2. The third kappa shape index (κ3) is 2.85. The zero-order valence-corrected chi connectivity index (χ0v) is 13.1. The molecule has 5 nitrogen and oxygen atoms in total. The Balaban J connectivity index is 2.33. The number of nitro groups is 1. The quantitative estimate of drug-likeness (QED) is 0.634. The van der Waals surface area contributed by atoms with Crippen molar-refractivity contribution in [2.75, 3.05) is 32.1 Å². The van der Waals surface area contributed by atoms with Crippen LogP contribution in [0.25, 0.3) is 0 Å². The summed E-state index contributed by atoms with van der Waals surface area (Å²) in [5, 5.41) is 11.5. The molecule has 1 saturated heterocycles. The fraction of sp³-hybridized carbons (Fsp3) is 0.538. The summed E-state index contributed by atoms with van der Waals surface area (Å²) in [6.45, 7) is 3.82. The lowest BCUT2D eigenvalue weighted by atomic mass is 10.1. The maximum Gasteiger partial charge on any atom is 0.272 e. The molecule has 0 amide bonds. The summed E-state index contributed by atoms with van der Waals surface area (Å²) in [6, 6.07) is 3.13. The normalized spacial score (nSPS) is 22.6. The highest BCUT2D eigenvalue weighted by atomic mass is 35.5. The molecule has 1 aliphatic rings. The molecule has 0 aliphatic carbocycles.